The first-order valence-corrected chi connectivity index (χ1v) is 7.81. The number of hydrogen-bond acceptors (Lipinski definition) is 5. The van der Waals surface area contributed by atoms with Gasteiger partial charge in [-0.2, -0.15) is 0 Å². The number of rotatable bonds is 2. The predicted octanol–water partition coefficient (Wildman–Crippen LogP) is 3.35. The number of carbonyl (C=O) groups excluding carboxylic acids is 2. The van der Waals surface area contributed by atoms with Gasteiger partial charge in [-0.05, 0) is 39.7 Å². The van der Waals surface area contributed by atoms with Crippen molar-refractivity contribution in [2.45, 2.75) is 51.3 Å². The van der Waals surface area contributed by atoms with E-state index >= 15 is 0 Å². The molecule has 1 amide bonds. The van der Waals surface area contributed by atoms with Crippen LogP contribution in [-0.2, 0) is 14.3 Å². The highest BCUT2D eigenvalue weighted by molar-refractivity contribution is 6.31. The number of esters is 1. The molecule has 6 nitrogen and oxygen atoms in total. The summed E-state index contributed by atoms with van der Waals surface area (Å²) in [6, 6.07) is 0.613. The van der Waals surface area contributed by atoms with Crippen molar-refractivity contribution in [2.24, 2.45) is 0 Å². The van der Waals surface area contributed by atoms with Gasteiger partial charge in [0.25, 0.3) is 0 Å². The topological polar surface area (TPSA) is 68.7 Å². The molecule has 0 aromatic carbocycles. The van der Waals surface area contributed by atoms with E-state index in [4.69, 9.17) is 21.1 Å². The summed E-state index contributed by atoms with van der Waals surface area (Å²) in [6.45, 7) is 5.33. The maximum absolute atomic E-state index is 12.6. The Balaban J connectivity index is 2.36. The molecule has 1 aromatic heterocycles. The Hall–Kier alpha value is -1.82. The van der Waals surface area contributed by atoms with Gasteiger partial charge >= 0.3 is 12.1 Å². The van der Waals surface area contributed by atoms with Gasteiger partial charge in [-0.25, -0.2) is 9.59 Å². The molecule has 0 aliphatic carbocycles. The molecular formula is C16H21ClN2O4. The van der Waals surface area contributed by atoms with Crippen molar-refractivity contribution < 1.29 is 19.1 Å². The van der Waals surface area contributed by atoms with Crippen molar-refractivity contribution in [3.05, 3.63) is 29.0 Å². The lowest BCUT2D eigenvalue weighted by Crippen LogP contribution is -2.45. The van der Waals surface area contributed by atoms with Crippen LogP contribution in [0, 0.1) is 0 Å². The third kappa shape index (κ3) is 3.93. The molecule has 23 heavy (non-hydrogen) atoms. The first-order chi connectivity index (χ1) is 10.7. The maximum atomic E-state index is 12.6. The molecule has 0 spiro atoms. The van der Waals surface area contributed by atoms with Crippen LogP contribution >= 0.6 is 11.6 Å². The van der Waals surface area contributed by atoms with Gasteiger partial charge in [0.05, 0.1) is 13.2 Å². The number of aromatic nitrogens is 1. The smallest absolute Gasteiger partial charge is 0.411 e. The normalized spacial score (nSPS) is 21.2. The number of likely N-dealkylation sites (tertiary alicyclic amines) is 1. The number of nitrogens with zero attached hydrogens (tertiary/aromatic N) is 2. The van der Waals surface area contributed by atoms with Crippen LogP contribution in [0.4, 0.5) is 4.79 Å². The quantitative estimate of drug-likeness (QED) is 0.772. The van der Waals surface area contributed by atoms with Crippen LogP contribution in [0.2, 0.25) is 5.02 Å². The Morgan fingerprint density at radius 1 is 1.35 bits per heavy atom. The Kier molecular flexibility index (Phi) is 5.14. The number of methoxy groups -OCH3 is 1. The van der Waals surface area contributed by atoms with Crippen molar-refractivity contribution in [1.29, 1.82) is 0 Å². The fraction of sp³-hybridized carbons (Fsp3) is 0.562. The SMILES string of the molecule is COC(=O)[C@H]1CC[C@@H](c2cnccc2Cl)N1C(=O)OC(C)(C)C. The van der Waals surface area contributed by atoms with Crippen molar-refractivity contribution in [1.82, 2.24) is 9.88 Å². The highest BCUT2D eigenvalue weighted by Crippen LogP contribution is 2.39. The van der Waals surface area contributed by atoms with Crippen molar-refractivity contribution >= 4 is 23.7 Å². The zero-order chi connectivity index (χ0) is 17.2. The van der Waals surface area contributed by atoms with Crippen LogP contribution < -0.4 is 0 Å². The van der Waals surface area contributed by atoms with Crippen LogP contribution in [0.1, 0.15) is 45.2 Å². The monoisotopic (exact) mass is 340 g/mol. The summed E-state index contributed by atoms with van der Waals surface area (Å²) in [5.74, 6) is -0.460. The summed E-state index contributed by atoms with van der Waals surface area (Å²) in [5.41, 5.74) is 0.0373. The van der Waals surface area contributed by atoms with E-state index in [2.05, 4.69) is 4.98 Å². The molecule has 0 radical (unpaired) electrons. The lowest BCUT2D eigenvalue weighted by Gasteiger charge is -2.31. The summed E-state index contributed by atoms with van der Waals surface area (Å²) >= 11 is 6.23. The Morgan fingerprint density at radius 3 is 2.61 bits per heavy atom. The number of halogens is 1. The summed E-state index contributed by atoms with van der Waals surface area (Å²) < 4.78 is 10.3. The third-order valence-corrected chi connectivity index (χ3v) is 3.96. The largest absolute Gasteiger partial charge is 0.467 e. The van der Waals surface area contributed by atoms with Crippen LogP contribution in [0.5, 0.6) is 0 Å². The van der Waals surface area contributed by atoms with Gasteiger partial charge in [0.15, 0.2) is 0 Å². The Morgan fingerprint density at radius 2 is 2.04 bits per heavy atom. The summed E-state index contributed by atoms with van der Waals surface area (Å²) in [5, 5.41) is 0.504. The fourth-order valence-corrected chi connectivity index (χ4v) is 2.92. The molecule has 126 valence electrons. The number of carbonyl (C=O) groups is 2. The first kappa shape index (κ1) is 17.5. The molecule has 7 heteroatoms. The number of amides is 1. The van der Waals surface area contributed by atoms with E-state index < -0.39 is 23.7 Å². The molecule has 1 aliphatic heterocycles. The van der Waals surface area contributed by atoms with Crippen LogP contribution in [0.25, 0.3) is 0 Å². The Bertz CT molecular complexity index is 600. The van der Waals surface area contributed by atoms with Gasteiger partial charge in [-0.15, -0.1) is 0 Å². The van der Waals surface area contributed by atoms with E-state index in [1.54, 1.807) is 39.2 Å². The van der Waals surface area contributed by atoms with Crippen LogP contribution in [-0.4, -0.2) is 40.7 Å². The molecule has 1 aromatic rings. The Labute approximate surface area is 140 Å². The third-order valence-electron chi connectivity index (χ3n) is 3.62. The minimum atomic E-state index is -0.684. The van der Waals surface area contributed by atoms with E-state index in [0.717, 1.165) is 0 Å². The molecule has 0 bridgehead atoms. The molecule has 0 N–H and O–H groups in total. The molecule has 1 fully saturated rings. The molecule has 0 unspecified atom stereocenters. The number of pyridine rings is 1. The summed E-state index contributed by atoms with van der Waals surface area (Å²) in [7, 11) is 1.31. The molecule has 0 saturated carbocycles. The zero-order valence-electron chi connectivity index (χ0n) is 13.7. The van der Waals surface area contributed by atoms with Gasteiger partial charge in [0.1, 0.15) is 11.6 Å². The minimum absolute atomic E-state index is 0.366. The summed E-state index contributed by atoms with van der Waals surface area (Å²) in [4.78, 5) is 30.1. The van der Waals surface area contributed by atoms with Gasteiger partial charge in [-0.3, -0.25) is 9.88 Å². The van der Waals surface area contributed by atoms with E-state index in [9.17, 15) is 9.59 Å². The summed E-state index contributed by atoms with van der Waals surface area (Å²) in [6.07, 6.45) is 3.71. The van der Waals surface area contributed by atoms with E-state index in [1.165, 1.54) is 12.0 Å². The molecule has 2 rings (SSSR count). The fourth-order valence-electron chi connectivity index (χ4n) is 2.69. The van der Waals surface area contributed by atoms with Gasteiger partial charge < -0.3 is 9.47 Å². The van der Waals surface area contributed by atoms with Gasteiger partial charge in [-0.1, -0.05) is 11.6 Å². The second kappa shape index (κ2) is 6.74. The molecule has 2 atom stereocenters. The van der Waals surface area contributed by atoms with Crippen molar-refractivity contribution in [2.75, 3.05) is 7.11 Å². The standard InChI is InChI=1S/C16H21ClN2O4/c1-16(2,3)23-15(21)19-12(5-6-13(19)14(20)22-4)10-9-18-8-7-11(10)17/h7-9,12-13H,5-6H2,1-4H3/t12-,13+/m0/s1. The van der Waals surface area contributed by atoms with Gasteiger partial charge in [0, 0.05) is 23.0 Å². The van der Waals surface area contributed by atoms with E-state index in [1.807, 2.05) is 0 Å². The van der Waals surface area contributed by atoms with Gasteiger partial charge in [0.2, 0.25) is 0 Å². The van der Waals surface area contributed by atoms with Crippen LogP contribution in [0.3, 0.4) is 0 Å². The lowest BCUT2D eigenvalue weighted by molar-refractivity contribution is -0.146. The maximum Gasteiger partial charge on any atom is 0.411 e. The molecule has 1 aliphatic rings. The number of hydrogen-bond donors (Lipinski definition) is 0. The minimum Gasteiger partial charge on any atom is -0.467 e. The lowest BCUT2D eigenvalue weighted by atomic mass is 10.1. The average Bonchev–Trinajstić information content (AvgIpc) is 2.90. The average molecular weight is 341 g/mol. The second-order valence-corrected chi connectivity index (χ2v) is 6.82. The molecular weight excluding hydrogens is 320 g/mol. The first-order valence-electron chi connectivity index (χ1n) is 7.43. The highest BCUT2D eigenvalue weighted by Gasteiger charge is 2.44. The predicted molar refractivity (Wildman–Crippen MR) is 85.1 cm³/mol. The van der Waals surface area contributed by atoms with Crippen LogP contribution in [0.15, 0.2) is 18.5 Å². The van der Waals surface area contributed by atoms with Crippen molar-refractivity contribution in [3.8, 4) is 0 Å². The van der Waals surface area contributed by atoms with E-state index in [0.29, 0.717) is 23.4 Å². The number of ether oxygens (including phenoxy) is 2. The molecule has 1 saturated heterocycles. The zero-order valence-corrected chi connectivity index (χ0v) is 14.5. The second-order valence-electron chi connectivity index (χ2n) is 6.42. The molecule has 2 heterocycles. The highest BCUT2D eigenvalue weighted by atomic mass is 35.5. The van der Waals surface area contributed by atoms with E-state index in [-0.39, 0.29) is 6.04 Å². The van der Waals surface area contributed by atoms with Crippen molar-refractivity contribution in [3.63, 3.8) is 0 Å².